The van der Waals surface area contributed by atoms with Gasteiger partial charge < -0.3 is 10.6 Å². The third-order valence-corrected chi connectivity index (χ3v) is 7.02. The molecule has 160 valence electrons. The zero-order valence-electron chi connectivity index (χ0n) is 16.8. The van der Waals surface area contributed by atoms with Crippen LogP contribution in [0.15, 0.2) is 42.5 Å². The molecule has 1 fully saturated rings. The minimum absolute atomic E-state index is 0.281. The Kier molecular flexibility index (Phi) is 5.60. The van der Waals surface area contributed by atoms with E-state index in [1.54, 1.807) is 17.4 Å². The summed E-state index contributed by atoms with van der Waals surface area (Å²) >= 11 is 7.58. The summed E-state index contributed by atoms with van der Waals surface area (Å²) in [7, 11) is 0. The number of halogens is 2. The Balaban J connectivity index is 1.22. The molecule has 1 aliphatic heterocycles. The highest BCUT2D eigenvalue weighted by atomic mass is 35.5. The van der Waals surface area contributed by atoms with Gasteiger partial charge in [0.2, 0.25) is 0 Å². The van der Waals surface area contributed by atoms with E-state index in [1.165, 1.54) is 17.0 Å². The van der Waals surface area contributed by atoms with Gasteiger partial charge in [-0.2, -0.15) is 0 Å². The fraction of sp³-hybridized carbons (Fsp3) is 0.318. The van der Waals surface area contributed by atoms with Gasteiger partial charge in [-0.3, -0.25) is 0 Å². The van der Waals surface area contributed by atoms with Gasteiger partial charge in [-0.1, -0.05) is 28.9 Å². The van der Waals surface area contributed by atoms with Crippen molar-refractivity contribution in [2.75, 3.05) is 25.4 Å². The summed E-state index contributed by atoms with van der Waals surface area (Å²) in [5, 5.41) is 9.71. The molecule has 0 amide bonds. The standard InChI is InChI=1S/C22H22ClFN6S/c23-15-3-1-14(2-4-15)21-20(31-22(25)26-21)9-12-29-10-7-17(8-11-29)30-19-6-5-16(24)13-18(19)27-28-30/h1-6,13,17H,7-12H2,(H2,25,26). The molecule has 0 saturated carbocycles. The maximum Gasteiger partial charge on any atom is 0.180 e. The number of thiazole rings is 1. The van der Waals surface area contributed by atoms with E-state index in [9.17, 15) is 4.39 Å². The van der Waals surface area contributed by atoms with Crippen LogP contribution in [0, 0.1) is 5.82 Å². The number of hydrogen-bond acceptors (Lipinski definition) is 6. The van der Waals surface area contributed by atoms with Crippen molar-refractivity contribution < 1.29 is 4.39 Å². The monoisotopic (exact) mass is 456 g/mol. The van der Waals surface area contributed by atoms with E-state index >= 15 is 0 Å². The summed E-state index contributed by atoms with van der Waals surface area (Å²) in [5.74, 6) is -0.281. The van der Waals surface area contributed by atoms with Crippen molar-refractivity contribution in [1.82, 2.24) is 24.9 Å². The lowest BCUT2D eigenvalue weighted by molar-refractivity contribution is 0.183. The maximum absolute atomic E-state index is 13.4. The second-order valence-electron chi connectivity index (χ2n) is 7.82. The number of nitrogen functional groups attached to an aromatic ring is 1. The molecule has 2 N–H and O–H groups in total. The molecule has 9 heteroatoms. The molecule has 4 aromatic rings. The lowest BCUT2D eigenvalue weighted by Gasteiger charge is -2.32. The average Bonchev–Trinajstić information content (AvgIpc) is 3.36. The number of hydrogen-bond donors (Lipinski definition) is 1. The zero-order chi connectivity index (χ0) is 21.4. The van der Waals surface area contributed by atoms with Gasteiger partial charge >= 0.3 is 0 Å². The molecule has 31 heavy (non-hydrogen) atoms. The van der Waals surface area contributed by atoms with Crippen molar-refractivity contribution in [3.8, 4) is 11.3 Å². The predicted molar refractivity (Wildman–Crippen MR) is 123 cm³/mol. The molecular weight excluding hydrogens is 435 g/mol. The topological polar surface area (TPSA) is 72.9 Å². The number of fused-ring (bicyclic) bond motifs is 1. The number of nitrogens with zero attached hydrogens (tertiary/aromatic N) is 5. The minimum Gasteiger partial charge on any atom is -0.375 e. The van der Waals surface area contributed by atoms with Gasteiger partial charge in [0.05, 0.1) is 17.3 Å². The van der Waals surface area contributed by atoms with Crippen LogP contribution in [0.1, 0.15) is 23.8 Å². The molecule has 2 aromatic carbocycles. The number of nitrogens with two attached hydrogens (primary N) is 1. The molecule has 2 aromatic heterocycles. The summed E-state index contributed by atoms with van der Waals surface area (Å²) in [4.78, 5) is 8.21. The molecular formula is C22H22ClFN6S. The summed E-state index contributed by atoms with van der Waals surface area (Å²) in [6.45, 7) is 2.92. The Morgan fingerprint density at radius 1 is 1.13 bits per heavy atom. The zero-order valence-corrected chi connectivity index (χ0v) is 18.4. The number of rotatable bonds is 5. The van der Waals surface area contributed by atoms with Crippen LogP contribution in [0.3, 0.4) is 0 Å². The van der Waals surface area contributed by atoms with Gasteiger partial charge in [0.1, 0.15) is 11.3 Å². The maximum atomic E-state index is 13.4. The number of benzene rings is 2. The Hall–Kier alpha value is -2.55. The van der Waals surface area contributed by atoms with E-state index in [2.05, 4.69) is 20.2 Å². The minimum atomic E-state index is -0.281. The number of anilines is 1. The van der Waals surface area contributed by atoms with E-state index in [-0.39, 0.29) is 11.9 Å². The molecule has 0 aliphatic carbocycles. The van der Waals surface area contributed by atoms with Crippen molar-refractivity contribution in [3.05, 3.63) is 58.2 Å². The van der Waals surface area contributed by atoms with Gasteiger partial charge in [0, 0.05) is 41.2 Å². The molecule has 5 rings (SSSR count). The number of aromatic nitrogens is 4. The fourth-order valence-electron chi connectivity index (χ4n) is 4.20. The van der Waals surface area contributed by atoms with Crippen LogP contribution in [0.5, 0.6) is 0 Å². The van der Waals surface area contributed by atoms with Gasteiger partial charge in [-0.05, 0) is 43.5 Å². The van der Waals surface area contributed by atoms with Gasteiger partial charge in [-0.15, -0.1) is 16.4 Å². The first-order chi connectivity index (χ1) is 15.1. The Morgan fingerprint density at radius 2 is 1.90 bits per heavy atom. The first kappa shape index (κ1) is 20.4. The van der Waals surface area contributed by atoms with Crippen LogP contribution < -0.4 is 5.73 Å². The lowest BCUT2D eigenvalue weighted by atomic mass is 10.0. The van der Waals surface area contributed by atoms with Gasteiger partial charge in [0.15, 0.2) is 5.13 Å². The smallest absolute Gasteiger partial charge is 0.180 e. The second kappa shape index (κ2) is 8.53. The molecule has 0 bridgehead atoms. The SMILES string of the molecule is Nc1nc(-c2ccc(Cl)cc2)c(CCN2CCC(n3nnc4cc(F)ccc43)CC2)s1. The quantitative estimate of drug-likeness (QED) is 0.466. The Bertz CT molecular complexity index is 1200. The summed E-state index contributed by atoms with van der Waals surface area (Å²) in [5.41, 5.74) is 9.51. The average molecular weight is 457 g/mol. The normalized spacial score (nSPS) is 15.7. The van der Waals surface area contributed by atoms with Crippen LogP contribution in [0.4, 0.5) is 9.52 Å². The summed E-state index contributed by atoms with van der Waals surface area (Å²) in [6, 6.07) is 12.7. The van der Waals surface area contributed by atoms with Crippen molar-refractivity contribution >= 4 is 39.1 Å². The first-order valence-corrected chi connectivity index (χ1v) is 11.5. The lowest BCUT2D eigenvalue weighted by Crippen LogP contribution is -2.36. The highest BCUT2D eigenvalue weighted by molar-refractivity contribution is 7.15. The molecule has 0 unspecified atom stereocenters. The van der Waals surface area contributed by atoms with Crippen LogP contribution in [0.25, 0.3) is 22.3 Å². The third-order valence-electron chi connectivity index (χ3n) is 5.82. The highest BCUT2D eigenvalue weighted by Crippen LogP contribution is 2.32. The second-order valence-corrected chi connectivity index (χ2v) is 9.37. The van der Waals surface area contributed by atoms with E-state index < -0.39 is 0 Å². The van der Waals surface area contributed by atoms with E-state index in [0.717, 1.165) is 55.7 Å². The van der Waals surface area contributed by atoms with E-state index in [1.807, 2.05) is 28.9 Å². The van der Waals surface area contributed by atoms with Crippen LogP contribution in [-0.4, -0.2) is 44.5 Å². The highest BCUT2D eigenvalue weighted by Gasteiger charge is 2.23. The molecule has 0 spiro atoms. The number of likely N-dealkylation sites (tertiary alicyclic amines) is 1. The molecule has 6 nitrogen and oxygen atoms in total. The van der Waals surface area contributed by atoms with Crippen molar-refractivity contribution in [2.45, 2.75) is 25.3 Å². The van der Waals surface area contributed by atoms with Crippen molar-refractivity contribution in [2.24, 2.45) is 0 Å². The van der Waals surface area contributed by atoms with Gasteiger partial charge in [0.25, 0.3) is 0 Å². The van der Waals surface area contributed by atoms with Crippen molar-refractivity contribution in [1.29, 1.82) is 0 Å². The fourth-order valence-corrected chi connectivity index (χ4v) is 5.17. The predicted octanol–water partition coefficient (Wildman–Crippen LogP) is 4.81. The van der Waals surface area contributed by atoms with Crippen molar-refractivity contribution in [3.63, 3.8) is 0 Å². The Labute approximate surface area is 188 Å². The summed E-state index contributed by atoms with van der Waals surface area (Å²) < 4.78 is 15.4. The number of piperidine rings is 1. The van der Waals surface area contributed by atoms with E-state index in [4.69, 9.17) is 17.3 Å². The van der Waals surface area contributed by atoms with Crippen LogP contribution in [-0.2, 0) is 6.42 Å². The first-order valence-electron chi connectivity index (χ1n) is 10.3. The van der Waals surface area contributed by atoms with E-state index in [0.29, 0.717) is 15.7 Å². The Morgan fingerprint density at radius 3 is 2.68 bits per heavy atom. The molecule has 3 heterocycles. The molecule has 0 atom stereocenters. The molecule has 1 aliphatic rings. The molecule has 0 radical (unpaired) electrons. The summed E-state index contributed by atoms with van der Waals surface area (Å²) in [6.07, 6.45) is 2.89. The largest absolute Gasteiger partial charge is 0.375 e. The van der Waals surface area contributed by atoms with Gasteiger partial charge in [-0.25, -0.2) is 14.1 Å². The molecule has 1 saturated heterocycles. The van der Waals surface area contributed by atoms with Crippen LogP contribution >= 0.6 is 22.9 Å². The van der Waals surface area contributed by atoms with Crippen LogP contribution in [0.2, 0.25) is 5.02 Å². The third kappa shape index (κ3) is 4.28.